The summed E-state index contributed by atoms with van der Waals surface area (Å²) in [5.41, 5.74) is 6.32. The van der Waals surface area contributed by atoms with Crippen LogP contribution in [0.2, 0.25) is 0 Å². The van der Waals surface area contributed by atoms with Gasteiger partial charge in [0, 0.05) is 31.7 Å². The number of aryl methyl sites for hydroxylation is 2. The summed E-state index contributed by atoms with van der Waals surface area (Å²) in [4.78, 5) is 14.5. The lowest BCUT2D eigenvalue weighted by atomic mass is 10.0. The Hall–Kier alpha value is -1.23. The van der Waals surface area contributed by atoms with Gasteiger partial charge in [0.05, 0.1) is 6.54 Å². The van der Waals surface area contributed by atoms with E-state index in [0.29, 0.717) is 6.54 Å². The van der Waals surface area contributed by atoms with Gasteiger partial charge in [0.25, 0.3) is 0 Å². The fraction of sp³-hybridized carbons (Fsp3) is 0.533. The predicted octanol–water partition coefficient (Wildman–Crippen LogP) is 1.24. The van der Waals surface area contributed by atoms with Crippen LogP contribution in [0, 0.1) is 13.8 Å². The van der Waals surface area contributed by atoms with Crippen LogP contribution in [0.5, 0.6) is 0 Å². The van der Waals surface area contributed by atoms with Crippen LogP contribution in [0.1, 0.15) is 21.5 Å². The Morgan fingerprint density at radius 1 is 1.21 bits per heavy atom. The maximum atomic E-state index is 12.2. The van der Waals surface area contributed by atoms with Gasteiger partial charge in [0.1, 0.15) is 0 Å². The summed E-state index contributed by atoms with van der Waals surface area (Å²) in [7, 11) is 2.12. The first-order chi connectivity index (χ1) is 9.06. The van der Waals surface area contributed by atoms with Gasteiger partial charge in [-0.05, 0) is 26.5 Å². The number of nitrogens with one attached hydrogen (secondary N) is 1. The highest BCUT2D eigenvalue weighted by atomic mass is 16.1. The molecule has 0 radical (unpaired) electrons. The number of rotatable bonds is 4. The van der Waals surface area contributed by atoms with Crippen molar-refractivity contribution in [1.82, 2.24) is 15.3 Å². The third-order valence-corrected chi connectivity index (χ3v) is 3.65. The Morgan fingerprint density at radius 3 is 2.53 bits per heavy atom. The quantitative estimate of drug-likeness (QED) is 0.827. The highest BCUT2D eigenvalue weighted by Gasteiger charge is 2.15. The van der Waals surface area contributed by atoms with E-state index in [0.717, 1.165) is 37.3 Å². The summed E-state index contributed by atoms with van der Waals surface area (Å²) in [6.07, 6.45) is 0. The highest BCUT2D eigenvalue weighted by molar-refractivity contribution is 5.98. The second-order valence-corrected chi connectivity index (χ2v) is 5.37. The molecular weight excluding hydrogens is 238 g/mol. The summed E-state index contributed by atoms with van der Waals surface area (Å²) < 4.78 is 0. The molecule has 0 unspecified atom stereocenters. The topological polar surface area (TPSA) is 35.6 Å². The second kappa shape index (κ2) is 6.28. The molecule has 0 amide bonds. The van der Waals surface area contributed by atoms with Gasteiger partial charge < -0.3 is 4.90 Å². The predicted molar refractivity (Wildman–Crippen MR) is 77.3 cm³/mol. The van der Waals surface area contributed by atoms with E-state index in [4.69, 9.17) is 0 Å². The van der Waals surface area contributed by atoms with Gasteiger partial charge >= 0.3 is 0 Å². The molecule has 2 rings (SSSR count). The second-order valence-electron chi connectivity index (χ2n) is 5.37. The number of carbonyl (C=O) groups is 1. The standard InChI is InChI=1S/C15H23N3O/c1-12-4-5-14(13(2)10-12)15(19)11-16-18-8-6-17(3)7-9-18/h4-5,10,16H,6-9,11H2,1-3H3. The molecule has 1 saturated heterocycles. The molecule has 1 aliphatic rings. The molecule has 19 heavy (non-hydrogen) atoms. The SMILES string of the molecule is Cc1ccc(C(=O)CNN2CCN(C)CC2)c(C)c1. The van der Waals surface area contributed by atoms with Gasteiger partial charge in [-0.3, -0.25) is 4.79 Å². The molecule has 1 fully saturated rings. The zero-order chi connectivity index (χ0) is 13.8. The van der Waals surface area contributed by atoms with Crippen molar-refractivity contribution in [2.24, 2.45) is 0 Å². The van der Waals surface area contributed by atoms with E-state index >= 15 is 0 Å². The van der Waals surface area contributed by atoms with Crippen molar-refractivity contribution in [1.29, 1.82) is 0 Å². The molecule has 0 atom stereocenters. The number of hydrazine groups is 1. The van der Waals surface area contributed by atoms with Gasteiger partial charge in [-0.1, -0.05) is 23.8 Å². The van der Waals surface area contributed by atoms with Crippen LogP contribution in [-0.2, 0) is 0 Å². The van der Waals surface area contributed by atoms with Crippen LogP contribution in [0.25, 0.3) is 0 Å². The van der Waals surface area contributed by atoms with Gasteiger partial charge in [-0.2, -0.15) is 0 Å². The molecule has 0 spiro atoms. The first-order valence-electron chi connectivity index (χ1n) is 6.83. The zero-order valence-electron chi connectivity index (χ0n) is 12.1. The number of piperazine rings is 1. The van der Waals surface area contributed by atoms with Crippen molar-refractivity contribution >= 4 is 5.78 Å². The molecule has 1 aromatic carbocycles. The number of carbonyl (C=O) groups excluding carboxylic acids is 1. The average molecular weight is 261 g/mol. The van der Waals surface area contributed by atoms with E-state index in [-0.39, 0.29) is 5.78 Å². The lowest BCUT2D eigenvalue weighted by Gasteiger charge is -2.32. The molecule has 4 heteroatoms. The Kier molecular flexibility index (Phi) is 4.69. The molecule has 1 aliphatic heterocycles. The molecule has 1 heterocycles. The maximum Gasteiger partial charge on any atom is 0.178 e. The Bertz CT molecular complexity index is 451. The number of benzene rings is 1. The third-order valence-electron chi connectivity index (χ3n) is 3.65. The van der Waals surface area contributed by atoms with Crippen molar-refractivity contribution in [2.45, 2.75) is 13.8 Å². The third kappa shape index (κ3) is 3.86. The monoisotopic (exact) mass is 261 g/mol. The van der Waals surface area contributed by atoms with Crippen LogP contribution < -0.4 is 5.43 Å². The number of likely N-dealkylation sites (N-methyl/N-ethyl adjacent to an activating group) is 1. The van der Waals surface area contributed by atoms with Crippen LogP contribution in [-0.4, -0.2) is 55.5 Å². The first kappa shape index (κ1) is 14.2. The molecule has 1 N–H and O–H groups in total. The van der Waals surface area contributed by atoms with Gasteiger partial charge in [0.15, 0.2) is 5.78 Å². The Balaban J connectivity index is 1.87. The van der Waals surface area contributed by atoms with Crippen molar-refractivity contribution in [3.05, 3.63) is 34.9 Å². The number of nitrogens with zero attached hydrogens (tertiary/aromatic N) is 2. The fourth-order valence-corrected chi connectivity index (χ4v) is 2.37. The lowest BCUT2D eigenvalue weighted by molar-refractivity contribution is 0.0838. The maximum absolute atomic E-state index is 12.2. The Morgan fingerprint density at radius 2 is 1.89 bits per heavy atom. The number of ketones is 1. The lowest BCUT2D eigenvalue weighted by Crippen LogP contribution is -2.51. The highest BCUT2D eigenvalue weighted by Crippen LogP contribution is 2.11. The van der Waals surface area contributed by atoms with Crippen molar-refractivity contribution in [2.75, 3.05) is 39.8 Å². The minimum Gasteiger partial charge on any atom is -0.304 e. The van der Waals surface area contributed by atoms with Crippen LogP contribution in [0.4, 0.5) is 0 Å². The van der Waals surface area contributed by atoms with E-state index in [1.54, 1.807) is 0 Å². The molecule has 4 nitrogen and oxygen atoms in total. The van der Waals surface area contributed by atoms with E-state index in [1.807, 2.05) is 26.0 Å². The molecule has 0 aliphatic carbocycles. The summed E-state index contributed by atoms with van der Waals surface area (Å²) in [6.45, 7) is 8.45. The van der Waals surface area contributed by atoms with Crippen molar-refractivity contribution in [3.63, 3.8) is 0 Å². The summed E-state index contributed by atoms with van der Waals surface area (Å²) >= 11 is 0. The number of hydrogen-bond donors (Lipinski definition) is 1. The summed E-state index contributed by atoms with van der Waals surface area (Å²) in [5.74, 6) is 0.163. The molecule has 0 saturated carbocycles. The zero-order valence-corrected chi connectivity index (χ0v) is 12.1. The largest absolute Gasteiger partial charge is 0.304 e. The fourth-order valence-electron chi connectivity index (χ4n) is 2.37. The number of Topliss-reactive ketones (excluding diaryl/α,β-unsaturated/α-hetero) is 1. The molecule has 1 aromatic rings. The van der Waals surface area contributed by atoms with Gasteiger partial charge in [-0.25, -0.2) is 10.4 Å². The molecular formula is C15H23N3O. The van der Waals surface area contributed by atoms with Crippen LogP contribution in [0.15, 0.2) is 18.2 Å². The molecule has 0 aromatic heterocycles. The minimum atomic E-state index is 0.163. The van der Waals surface area contributed by atoms with Crippen molar-refractivity contribution < 1.29 is 4.79 Å². The van der Waals surface area contributed by atoms with Gasteiger partial charge in [-0.15, -0.1) is 0 Å². The average Bonchev–Trinajstić information content (AvgIpc) is 2.37. The molecule has 104 valence electrons. The minimum absolute atomic E-state index is 0.163. The first-order valence-corrected chi connectivity index (χ1v) is 6.83. The van der Waals surface area contributed by atoms with Gasteiger partial charge in [0.2, 0.25) is 0 Å². The van der Waals surface area contributed by atoms with E-state index < -0.39 is 0 Å². The van der Waals surface area contributed by atoms with E-state index in [2.05, 4.69) is 28.4 Å². The normalized spacial score (nSPS) is 17.6. The van der Waals surface area contributed by atoms with E-state index in [9.17, 15) is 4.79 Å². The summed E-state index contributed by atoms with van der Waals surface area (Å²) in [6, 6.07) is 5.98. The summed E-state index contributed by atoms with van der Waals surface area (Å²) in [5, 5.41) is 2.14. The number of hydrogen-bond acceptors (Lipinski definition) is 4. The van der Waals surface area contributed by atoms with Crippen molar-refractivity contribution in [3.8, 4) is 0 Å². The van der Waals surface area contributed by atoms with Crippen LogP contribution >= 0.6 is 0 Å². The van der Waals surface area contributed by atoms with E-state index in [1.165, 1.54) is 5.56 Å². The smallest absolute Gasteiger partial charge is 0.178 e. The molecule has 0 bridgehead atoms. The Labute approximate surface area is 115 Å². The van der Waals surface area contributed by atoms with Crippen LogP contribution in [0.3, 0.4) is 0 Å².